The van der Waals surface area contributed by atoms with Crippen LogP contribution in [0.2, 0.25) is 0 Å². The Kier molecular flexibility index (Phi) is 5.33. The number of carbonyl (C=O) groups excluding carboxylic acids is 2. The summed E-state index contributed by atoms with van der Waals surface area (Å²) in [5.74, 6) is -0.628. The van der Waals surface area contributed by atoms with Crippen LogP contribution < -0.4 is 9.47 Å². The van der Waals surface area contributed by atoms with Crippen LogP contribution in [0.4, 0.5) is 0 Å². The summed E-state index contributed by atoms with van der Waals surface area (Å²) in [6.07, 6.45) is 0. The van der Waals surface area contributed by atoms with Crippen molar-refractivity contribution in [2.24, 2.45) is 0 Å². The molecule has 24 heavy (non-hydrogen) atoms. The van der Waals surface area contributed by atoms with E-state index in [2.05, 4.69) is 0 Å². The van der Waals surface area contributed by atoms with Gasteiger partial charge in [0.1, 0.15) is 17.5 Å². The van der Waals surface area contributed by atoms with Gasteiger partial charge >= 0.3 is 17.5 Å². The van der Waals surface area contributed by atoms with E-state index in [0.29, 0.717) is 17.1 Å². The smallest absolute Gasteiger partial charge is 0.364 e. The molecule has 2 rings (SSSR count). The Morgan fingerprint density at radius 3 is 2.21 bits per heavy atom. The lowest BCUT2D eigenvalue weighted by Crippen LogP contribution is -2.58. The molecule has 0 N–H and O–H groups in total. The van der Waals surface area contributed by atoms with Crippen LogP contribution >= 0.6 is 0 Å². The molecule has 1 unspecified atom stereocenters. The molecule has 0 amide bonds. The van der Waals surface area contributed by atoms with Crippen LogP contribution in [0.5, 0.6) is 11.5 Å². The van der Waals surface area contributed by atoms with Crippen LogP contribution in [0, 0.1) is 0 Å². The molecular formula is C17H23NO6. The van der Waals surface area contributed by atoms with E-state index in [4.69, 9.17) is 18.9 Å². The van der Waals surface area contributed by atoms with Gasteiger partial charge in [-0.15, -0.1) is 0 Å². The molecule has 7 nitrogen and oxygen atoms in total. The molecule has 1 atom stereocenters. The minimum atomic E-state index is -1.92. The van der Waals surface area contributed by atoms with Crippen molar-refractivity contribution in [3.8, 4) is 11.5 Å². The number of methoxy groups -OCH3 is 1. The number of esters is 2. The summed E-state index contributed by atoms with van der Waals surface area (Å²) >= 11 is 0. The minimum Gasteiger partial charge on any atom is -0.496 e. The molecule has 0 aromatic heterocycles. The fraction of sp³-hybridized carbons (Fsp3) is 0.529. The van der Waals surface area contributed by atoms with Crippen molar-refractivity contribution in [3.63, 3.8) is 0 Å². The largest absolute Gasteiger partial charge is 0.496 e. The van der Waals surface area contributed by atoms with Crippen molar-refractivity contribution >= 4 is 11.9 Å². The highest BCUT2D eigenvalue weighted by atomic mass is 16.6. The topological polar surface area (TPSA) is 74.3 Å². The molecule has 0 spiro atoms. The maximum atomic E-state index is 12.8. The fourth-order valence-electron chi connectivity index (χ4n) is 2.98. The van der Waals surface area contributed by atoms with E-state index in [1.54, 1.807) is 51.0 Å². The van der Waals surface area contributed by atoms with E-state index in [0.717, 1.165) is 0 Å². The summed E-state index contributed by atoms with van der Waals surface area (Å²) in [6, 6.07) is 4.44. The molecular weight excluding hydrogens is 314 g/mol. The van der Waals surface area contributed by atoms with Crippen LogP contribution in [-0.2, 0) is 19.1 Å². The van der Waals surface area contributed by atoms with Gasteiger partial charge in [0, 0.05) is 0 Å². The van der Waals surface area contributed by atoms with Crippen LogP contribution in [0.15, 0.2) is 18.2 Å². The lowest BCUT2D eigenvalue weighted by molar-refractivity contribution is -0.183. The Labute approximate surface area is 141 Å². The summed E-state index contributed by atoms with van der Waals surface area (Å²) in [4.78, 5) is 27.2. The minimum absolute atomic E-state index is 0.122. The second-order valence-corrected chi connectivity index (χ2v) is 5.52. The molecule has 0 saturated carbocycles. The van der Waals surface area contributed by atoms with Crippen molar-refractivity contribution in [1.29, 1.82) is 0 Å². The molecule has 0 radical (unpaired) electrons. The van der Waals surface area contributed by atoms with Gasteiger partial charge in [-0.1, -0.05) is 6.07 Å². The van der Waals surface area contributed by atoms with Crippen LogP contribution in [0.25, 0.3) is 0 Å². The highest BCUT2D eigenvalue weighted by Gasteiger charge is 2.64. The quantitative estimate of drug-likeness (QED) is 0.576. The summed E-state index contributed by atoms with van der Waals surface area (Å²) in [6.45, 7) is 3.59. The second kappa shape index (κ2) is 7.09. The van der Waals surface area contributed by atoms with Crippen molar-refractivity contribution in [1.82, 2.24) is 4.90 Å². The molecule has 1 aromatic rings. The highest BCUT2D eigenvalue weighted by Crippen LogP contribution is 2.51. The number of hydrogen-bond donors (Lipinski definition) is 0. The predicted molar refractivity (Wildman–Crippen MR) is 86.0 cm³/mol. The van der Waals surface area contributed by atoms with Gasteiger partial charge in [0.15, 0.2) is 0 Å². The maximum absolute atomic E-state index is 12.8. The summed E-state index contributed by atoms with van der Waals surface area (Å²) in [5.41, 5.74) is -1.31. The Morgan fingerprint density at radius 2 is 1.75 bits per heavy atom. The van der Waals surface area contributed by atoms with Gasteiger partial charge in [-0.3, -0.25) is 4.90 Å². The summed E-state index contributed by atoms with van der Waals surface area (Å²) < 4.78 is 21.6. The van der Waals surface area contributed by atoms with E-state index in [-0.39, 0.29) is 13.2 Å². The van der Waals surface area contributed by atoms with Gasteiger partial charge in [-0.05, 0) is 40.1 Å². The third-order valence-electron chi connectivity index (χ3n) is 3.85. The lowest BCUT2D eigenvalue weighted by atomic mass is 9.89. The van der Waals surface area contributed by atoms with E-state index in [9.17, 15) is 9.59 Å². The van der Waals surface area contributed by atoms with Crippen LogP contribution in [0.1, 0.15) is 25.5 Å². The van der Waals surface area contributed by atoms with Crippen LogP contribution in [-0.4, -0.2) is 56.9 Å². The standard InChI is InChI=1S/C17H23NO6/c1-6-22-15(19)17(16(20)23-7-2)14(18(3)4)13-11(21-5)9-8-10-12(13)24-17/h8-10,14H,6-7H2,1-5H3. The monoisotopic (exact) mass is 337 g/mol. The number of rotatable bonds is 6. The number of nitrogens with zero attached hydrogens (tertiary/aromatic N) is 1. The first-order valence-electron chi connectivity index (χ1n) is 7.80. The van der Waals surface area contributed by atoms with E-state index >= 15 is 0 Å². The van der Waals surface area contributed by atoms with Gasteiger partial charge in [0.2, 0.25) is 0 Å². The van der Waals surface area contributed by atoms with Crippen molar-refractivity contribution in [3.05, 3.63) is 23.8 Å². The molecule has 0 fully saturated rings. The molecule has 0 aliphatic carbocycles. The van der Waals surface area contributed by atoms with Crippen molar-refractivity contribution in [2.75, 3.05) is 34.4 Å². The van der Waals surface area contributed by atoms with Gasteiger partial charge in [0.25, 0.3) is 0 Å². The normalized spacial score (nSPS) is 17.8. The highest BCUT2D eigenvalue weighted by molar-refractivity contribution is 6.06. The molecule has 7 heteroatoms. The fourth-order valence-corrected chi connectivity index (χ4v) is 2.98. The molecule has 1 aliphatic heterocycles. The molecule has 0 bridgehead atoms. The van der Waals surface area contributed by atoms with Crippen molar-refractivity contribution < 1.29 is 28.5 Å². The van der Waals surface area contributed by atoms with Crippen molar-refractivity contribution in [2.45, 2.75) is 25.5 Å². The average Bonchev–Trinajstić information content (AvgIpc) is 2.91. The molecule has 132 valence electrons. The zero-order chi connectivity index (χ0) is 17.9. The Bertz CT molecular complexity index is 610. The SMILES string of the molecule is CCOC(=O)C1(C(=O)OCC)Oc2cccc(OC)c2C1N(C)C. The Morgan fingerprint density at radius 1 is 1.17 bits per heavy atom. The third kappa shape index (κ3) is 2.69. The van der Waals surface area contributed by atoms with E-state index in [1.165, 1.54) is 7.11 Å². The average molecular weight is 337 g/mol. The third-order valence-corrected chi connectivity index (χ3v) is 3.85. The number of hydrogen-bond acceptors (Lipinski definition) is 7. The second-order valence-electron chi connectivity index (χ2n) is 5.52. The molecule has 1 aliphatic rings. The first kappa shape index (κ1) is 18.1. The molecule has 1 heterocycles. The first-order chi connectivity index (χ1) is 11.4. The van der Waals surface area contributed by atoms with Gasteiger partial charge in [0.05, 0.1) is 25.9 Å². The Hall–Kier alpha value is -2.28. The number of benzene rings is 1. The van der Waals surface area contributed by atoms with Crippen LogP contribution in [0.3, 0.4) is 0 Å². The number of carbonyl (C=O) groups is 2. The van der Waals surface area contributed by atoms with Gasteiger partial charge < -0.3 is 18.9 Å². The van der Waals surface area contributed by atoms with Gasteiger partial charge in [-0.2, -0.15) is 0 Å². The van der Waals surface area contributed by atoms with E-state index in [1.807, 2.05) is 0 Å². The number of likely N-dealkylation sites (N-methyl/N-ethyl adjacent to an activating group) is 1. The summed E-state index contributed by atoms with van der Waals surface area (Å²) in [7, 11) is 5.03. The molecule has 0 saturated heterocycles. The summed E-state index contributed by atoms with van der Waals surface area (Å²) in [5, 5.41) is 0. The molecule has 1 aromatic carbocycles. The predicted octanol–water partition coefficient (Wildman–Crippen LogP) is 1.56. The lowest BCUT2D eigenvalue weighted by Gasteiger charge is -2.33. The van der Waals surface area contributed by atoms with E-state index < -0.39 is 23.6 Å². The number of ether oxygens (including phenoxy) is 4. The zero-order valence-electron chi connectivity index (χ0n) is 14.6. The Balaban J connectivity index is 2.66. The maximum Gasteiger partial charge on any atom is 0.364 e. The number of fused-ring (bicyclic) bond motifs is 1. The zero-order valence-corrected chi connectivity index (χ0v) is 14.6. The van der Waals surface area contributed by atoms with Gasteiger partial charge in [-0.25, -0.2) is 9.59 Å². The first-order valence-corrected chi connectivity index (χ1v) is 7.80.